The molecule has 0 fully saturated rings. The van der Waals surface area contributed by atoms with Crippen LogP contribution in [0.15, 0.2) is 10.5 Å². The van der Waals surface area contributed by atoms with E-state index < -0.39 is 0 Å². The molecule has 1 aromatic rings. The lowest BCUT2D eigenvalue weighted by Crippen LogP contribution is -2.25. The van der Waals surface area contributed by atoms with Crippen LogP contribution in [-0.4, -0.2) is 18.5 Å². The van der Waals surface area contributed by atoms with Gasteiger partial charge in [0.05, 0.1) is 6.54 Å². The van der Waals surface area contributed by atoms with Crippen molar-refractivity contribution in [2.75, 3.05) is 13.6 Å². The Morgan fingerprint density at radius 3 is 2.92 bits per heavy atom. The Bertz CT molecular complexity index is 301. The molecule has 13 heavy (non-hydrogen) atoms. The Labute approximate surface area is 79.5 Å². The number of furan rings is 1. The van der Waals surface area contributed by atoms with Gasteiger partial charge in [-0.1, -0.05) is 13.8 Å². The number of hydrogen-bond acceptors (Lipinski definition) is 2. The SMILES string of the molecule is CC(C)c1cc2c(o1)CN(C)CC2. The molecule has 1 aliphatic rings. The maximum Gasteiger partial charge on any atom is 0.121 e. The van der Waals surface area contributed by atoms with E-state index in [1.165, 1.54) is 11.3 Å². The lowest BCUT2D eigenvalue weighted by Gasteiger charge is -2.20. The van der Waals surface area contributed by atoms with E-state index in [9.17, 15) is 0 Å². The molecule has 0 N–H and O–H groups in total. The van der Waals surface area contributed by atoms with E-state index in [0.29, 0.717) is 5.92 Å². The average Bonchev–Trinajstić information content (AvgIpc) is 2.46. The first kappa shape index (κ1) is 8.82. The van der Waals surface area contributed by atoms with Crippen LogP contribution in [0.2, 0.25) is 0 Å². The van der Waals surface area contributed by atoms with E-state index in [1.807, 2.05) is 0 Å². The molecule has 72 valence electrons. The number of nitrogens with zero attached hydrogens (tertiary/aromatic N) is 1. The molecule has 0 amide bonds. The molecule has 0 aromatic carbocycles. The summed E-state index contributed by atoms with van der Waals surface area (Å²) in [6, 6.07) is 2.23. The molecule has 0 unspecified atom stereocenters. The maximum atomic E-state index is 5.80. The van der Waals surface area contributed by atoms with E-state index in [4.69, 9.17) is 4.42 Å². The molecule has 2 rings (SSSR count). The van der Waals surface area contributed by atoms with Crippen molar-refractivity contribution < 1.29 is 4.42 Å². The molecule has 2 heteroatoms. The fraction of sp³-hybridized carbons (Fsp3) is 0.636. The lowest BCUT2D eigenvalue weighted by atomic mass is 10.1. The van der Waals surface area contributed by atoms with Gasteiger partial charge in [0.15, 0.2) is 0 Å². The normalized spacial score (nSPS) is 17.8. The molecular weight excluding hydrogens is 162 g/mol. The molecule has 0 aliphatic carbocycles. The van der Waals surface area contributed by atoms with Crippen molar-refractivity contribution >= 4 is 0 Å². The number of hydrogen-bond donors (Lipinski definition) is 0. The minimum atomic E-state index is 0.510. The van der Waals surface area contributed by atoms with E-state index in [0.717, 1.165) is 25.3 Å². The highest BCUT2D eigenvalue weighted by Crippen LogP contribution is 2.26. The second-order valence-corrected chi connectivity index (χ2v) is 4.24. The third-order valence-electron chi connectivity index (χ3n) is 2.66. The molecule has 2 heterocycles. The predicted molar refractivity (Wildman–Crippen MR) is 52.8 cm³/mol. The summed E-state index contributed by atoms with van der Waals surface area (Å²) in [7, 11) is 2.14. The summed E-state index contributed by atoms with van der Waals surface area (Å²) < 4.78 is 5.80. The monoisotopic (exact) mass is 179 g/mol. The molecule has 1 aromatic heterocycles. The largest absolute Gasteiger partial charge is 0.464 e. The second kappa shape index (κ2) is 3.18. The lowest BCUT2D eigenvalue weighted by molar-refractivity contribution is 0.272. The Kier molecular flexibility index (Phi) is 2.16. The van der Waals surface area contributed by atoms with Crippen molar-refractivity contribution in [3.8, 4) is 0 Å². The Morgan fingerprint density at radius 2 is 2.23 bits per heavy atom. The summed E-state index contributed by atoms with van der Waals surface area (Å²) >= 11 is 0. The topological polar surface area (TPSA) is 16.4 Å². The van der Waals surface area contributed by atoms with E-state index in [-0.39, 0.29) is 0 Å². The number of rotatable bonds is 1. The standard InChI is InChI=1S/C11H17NO/c1-8(2)10-6-9-4-5-12(3)7-11(9)13-10/h6,8H,4-5,7H2,1-3H3. The third-order valence-corrected chi connectivity index (χ3v) is 2.66. The molecule has 0 atom stereocenters. The highest BCUT2D eigenvalue weighted by Gasteiger charge is 2.18. The molecular formula is C11H17NO. The Morgan fingerprint density at radius 1 is 1.46 bits per heavy atom. The smallest absolute Gasteiger partial charge is 0.121 e. The molecule has 0 radical (unpaired) electrons. The first-order chi connectivity index (χ1) is 6.16. The molecule has 0 saturated heterocycles. The van der Waals surface area contributed by atoms with Gasteiger partial charge < -0.3 is 4.42 Å². The van der Waals surface area contributed by atoms with Gasteiger partial charge in [-0.15, -0.1) is 0 Å². The van der Waals surface area contributed by atoms with E-state index >= 15 is 0 Å². The van der Waals surface area contributed by atoms with Gasteiger partial charge in [-0.2, -0.15) is 0 Å². The summed E-state index contributed by atoms with van der Waals surface area (Å²) in [5.41, 5.74) is 1.42. The summed E-state index contributed by atoms with van der Waals surface area (Å²) in [6.07, 6.45) is 1.14. The Balaban J connectivity index is 2.28. The first-order valence-electron chi connectivity index (χ1n) is 4.97. The van der Waals surface area contributed by atoms with Crippen molar-refractivity contribution in [2.24, 2.45) is 0 Å². The van der Waals surface area contributed by atoms with Crippen molar-refractivity contribution in [1.29, 1.82) is 0 Å². The predicted octanol–water partition coefficient (Wildman–Crippen LogP) is 2.39. The van der Waals surface area contributed by atoms with Crippen molar-refractivity contribution in [3.63, 3.8) is 0 Å². The Hall–Kier alpha value is -0.760. The van der Waals surface area contributed by atoms with Gasteiger partial charge in [0.1, 0.15) is 11.5 Å². The van der Waals surface area contributed by atoms with Gasteiger partial charge in [0.2, 0.25) is 0 Å². The summed E-state index contributed by atoms with van der Waals surface area (Å²) in [6.45, 7) is 6.48. The summed E-state index contributed by atoms with van der Waals surface area (Å²) in [5, 5.41) is 0. The fourth-order valence-electron chi connectivity index (χ4n) is 1.75. The highest BCUT2D eigenvalue weighted by atomic mass is 16.3. The zero-order chi connectivity index (χ0) is 9.42. The van der Waals surface area contributed by atoms with Crippen molar-refractivity contribution in [1.82, 2.24) is 4.90 Å². The highest BCUT2D eigenvalue weighted by molar-refractivity contribution is 5.25. The molecule has 0 saturated carbocycles. The van der Waals surface area contributed by atoms with Crippen LogP contribution in [0.1, 0.15) is 36.8 Å². The van der Waals surface area contributed by atoms with Gasteiger partial charge in [-0.05, 0) is 25.1 Å². The zero-order valence-electron chi connectivity index (χ0n) is 8.63. The quantitative estimate of drug-likeness (QED) is 0.658. The van der Waals surface area contributed by atoms with Crippen molar-refractivity contribution in [3.05, 3.63) is 23.2 Å². The first-order valence-corrected chi connectivity index (χ1v) is 4.97. The van der Waals surface area contributed by atoms with Crippen LogP contribution in [-0.2, 0) is 13.0 Å². The van der Waals surface area contributed by atoms with Gasteiger partial charge in [0, 0.05) is 12.5 Å². The van der Waals surface area contributed by atoms with Crippen molar-refractivity contribution in [2.45, 2.75) is 32.7 Å². The summed E-state index contributed by atoms with van der Waals surface area (Å²) in [5.74, 6) is 2.83. The minimum Gasteiger partial charge on any atom is -0.464 e. The van der Waals surface area contributed by atoms with Crippen LogP contribution >= 0.6 is 0 Å². The second-order valence-electron chi connectivity index (χ2n) is 4.24. The van der Waals surface area contributed by atoms with Crippen LogP contribution in [0.5, 0.6) is 0 Å². The van der Waals surface area contributed by atoms with Gasteiger partial charge in [-0.25, -0.2) is 0 Å². The number of fused-ring (bicyclic) bond motifs is 1. The molecule has 1 aliphatic heterocycles. The van der Waals surface area contributed by atoms with E-state index in [2.05, 4.69) is 31.9 Å². The molecule has 2 nitrogen and oxygen atoms in total. The van der Waals surface area contributed by atoms with E-state index in [1.54, 1.807) is 0 Å². The molecule has 0 spiro atoms. The molecule has 0 bridgehead atoms. The van der Waals surface area contributed by atoms with Crippen LogP contribution in [0.25, 0.3) is 0 Å². The maximum absolute atomic E-state index is 5.80. The van der Waals surface area contributed by atoms with Crippen LogP contribution in [0.3, 0.4) is 0 Å². The van der Waals surface area contributed by atoms with Crippen LogP contribution in [0, 0.1) is 0 Å². The van der Waals surface area contributed by atoms with Crippen LogP contribution in [0.4, 0.5) is 0 Å². The van der Waals surface area contributed by atoms with Gasteiger partial charge >= 0.3 is 0 Å². The van der Waals surface area contributed by atoms with Gasteiger partial charge in [0.25, 0.3) is 0 Å². The number of likely N-dealkylation sites (N-methyl/N-ethyl adjacent to an activating group) is 1. The zero-order valence-corrected chi connectivity index (χ0v) is 8.63. The fourth-order valence-corrected chi connectivity index (χ4v) is 1.75. The third kappa shape index (κ3) is 1.63. The summed E-state index contributed by atoms with van der Waals surface area (Å²) in [4.78, 5) is 2.30. The van der Waals surface area contributed by atoms with Gasteiger partial charge in [-0.3, -0.25) is 4.90 Å². The average molecular weight is 179 g/mol. The van der Waals surface area contributed by atoms with Crippen LogP contribution < -0.4 is 0 Å². The minimum absolute atomic E-state index is 0.510.